The Labute approximate surface area is 221 Å². The zero-order valence-corrected chi connectivity index (χ0v) is 20.8. The molecule has 2 heteroatoms. The molecule has 7 aromatic rings. The Hall–Kier alpha value is -5.08. The zero-order chi connectivity index (χ0) is 25.3. The third kappa shape index (κ3) is 4.03. The van der Waals surface area contributed by atoms with E-state index in [1.54, 1.807) is 0 Å². The fourth-order valence-corrected chi connectivity index (χ4v) is 5.24. The third-order valence-electron chi connectivity index (χ3n) is 7.07. The number of fused-ring (bicyclic) bond motifs is 3. The van der Waals surface area contributed by atoms with Crippen molar-refractivity contribution in [1.82, 2.24) is 0 Å². The highest BCUT2D eigenvalue weighted by atomic mass is 16.3. The lowest BCUT2D eigenvalue weighted by atomic mass is 9.94. The van der Waals surface area contributed by atoms with E-state index in [0.29, 0.717) is 0 Å². The highest BCUT2D eigenvalue weighted by Crippen LogP contribution is 2.39. The molecule has 180 valence electrons. The van der Waals surface area contributed by atoms with Gasteiger partial charge >= 0.3 is 0 Å². The number of furan rings is 1. The Morgan fingerprint density at radius 2 is 1.08 bits per heavy atom. The van der Waals surface area contributed by atoms with Crippen LogP contribution in [0.15, 0.2) is 150 Å². The number of anilines is 2. The lowest BCUT2D eigenvalue weighted by Crippen LogP contribution is -1.93. The molecule has 0 saturated carbocycles. The van der Waals surface area contributed by atoms with Gasteiger partial charge in [-0.3, -0.25) is 0 Å². The molecule has 0 unspecified atom stereocenters. The summed E-state index contributed by atoms with van der Waals surface area (Å²) in [5.74, 6) is 0. The molecule has 0 atom stereocenters. The second-order valence-electron chi connectivity index (χ2n) is 9.48. The molecule has 0 radical (unpaired) electrons. The second kappa shape index (κ2) is 9.42. The molecule has 2 nitrogen and oxygen atoms in total. The molecule has 1 aromatic heterocycles. The summed E-state index contributed by atoms with van der Waals surface area (Å²) in [6.07, 6.45) is 0. The van der Waals surface area contributed by atoms with E-state index in [1.807, 2.05) is 18.2 Å². The number of nitrogens with one attached hydrogen (secondary N) is 1. The van der Waals surface area contributed by atoms with Crippen LogP contribution in [0, 0.1) is 0 Å². The number of rotatable bonds is 5. The van der Waals surface area contributed by atoms with Crippen molar-refractivity contribution in [2.45, 2.75) is 0 Å². The maximum Gasteiger partial charge on any atom is 0.137 e. The van der Waals surface area contributed by atoms with Crippen molar-refractivity contribution in [3.8, 4) is 33.4 Å². The maximum absolute atomic E-state index is 6.25. The molecule has 0 amide bonds. The molecule has 0 bridgehead atoms. The van der Waals surface area contributed by atoms with Gasteiger partial charge in [0.05, 0.1) is 11.1 Å². The highest BCUT2D eigenvalue weighted by molar-refractivity contribution is 6.13. The molecule has 38 heavy (non-hydrogen) atoms. The van der Waals surface area contributed by atoms with Crippen LogP contribution in [0.2, 0.25) is 0 Å². The predicted molar refractivity (Wildman–Crippen MR) is 160 cm³/mol. The van der Waals surface area contributed by atoms with Crippen LogP contribution in [-0.4, -0.2) is 0 Å². The van der Waals surface area contributed by atoms with Crippen LogP contribution in [0.5, 0.6) is 0 Å². The first-order valence-corrected chi connectivity index (χ1v) is 12.9. The van der Waals surface area contributed by atoms with Crippen LogP contribution < -0.4 is 5.32 Å². The number of hydrogen-bond acceptors (Lipinski definition) is 2. The standard InChI is InChI=1S/C36H25NO/c1-4-11-25(12-5-1)28-19-22-34-32(23-28)36-33(17-10-18-35(36)38-34)37-29-20-21-30(26-13-6-2-7-14-26)31(24-29)27-15-8-3-9-16-27/h1-24,37H. The Bertz CT molecular complexity index is 1870. The van der Waals surface area contributed by atoms with Gasteiger partial charge in [-0.1, -0.05) is 109 Å². The SMILES string of the molecule is c1ccc(-c2ccc3oc4cccc(Nc5ccc(-c6ccccc6)c(-c6ccccc6)c5)c4c3c2)cc1. The third-order valence-corrected chi connectivity index (χ3v) is 7.07. The lowest BCUT2D eigenvalue weighted by Gasteiger charge is -2.15. The van der Waals surface area contributed by atoms with Crippen molar-refractivity contribution in [2.75, 3.05) is 5.32 Å². The van der Waals surface area contributed by atoms with E-state index in [1.165, 1.54) is 33.4 Å². The van der Waals surface area contributed by atoms with Crippen LogP contribution in [0.4, 0.5) is 11.4 Å². The highest BCUT2D eigenvalue weighted by Gasteiger charge is 2.14. The van der Waals surface area contributed by atoms with Crippen molar-refractivity contribution < 1.29 is 4.42 Å². The van der Waals surface area contributed by atoms with Crippen LogP contribution in [-0.2, 0) is 0 Å². The summed E-state index contributed by atoms with van der Waals surface area (Å²) in [5.41, 5.74) is 11.0. The van der Waals surface area contributed by atoms with E-state index in [0.717, 1.165) is 33.3 Å². The molecule has 0 fully saturated rings. The van der Waals surface area contributed by atoms with Crippen molar-refractivity contribution in [3.05, 3.63) is 146 Å². The summed E-state index contributed by atoms with van der Waals surface area (Å²) in [4.78, 5) is 0. The van der Waals surface area contributed by atoms with Crippen molar-refractivity contribution in [3.63, 3.8) is 0 Å². The molecule has 0 aliphatic rings. The van der Waals surface area contributed by atoms with Gasteiger partial charge in [-0.2, -0.15) is 0 Å². The molecular formula is C36H25NO. The molecule has 1 heterocycles. The average molecular weight is 488 g/mol. The predicted octanol–water partition coefficient (Wildman–Crippen LogP) is 10.3. The Balaban J connectivity index is 1.35. The first-order chi connectivity index (χ1) is 18.8. The van der Waals surface area contributed by atoms with Gasteiger partial charge in [0.25, 0.3) is 0 Å². The number of hydrogen-bond donors (Lipinski definition) is 1. The molecule has 1 N–H and O–H groups in total. The Morgan fingerprint density at radius 3 is 1.79 bits per heavy atom. The fourth-order valence-electron chi connectivity index (χ4n) is 5.24. The summed E-state index contributed by atoms with van der Waals surface area (Å²) >= 11 is 0. The molecule has 6 aromatic carbocycles. The molecular weight excluding hydrogens is 462 g/mol. The van der Waals surface area contributed by atoms with Gasteiger partial charge in [-0.15, -0.1) is 0 Å². The van der Waals surface area contributed by atoms with E-state index in [9.17, 15) is 0 Å². The summed E-state index contributed by atoms with van der Waals surface area (Å²) in [6, 6.07) is 50.9. The van der Waals surface area contributed by atoms with E-state index < -0.39 is 0 Å². The molecule has 0 aliphatic heterocycles. The Kier molecular flexibility index (Phi) is 5.49. The van der Waals surface area contributed by atoms with Gasteiger partial charge in [0, 0.05) is 11.1 Å². The zero-order valence-electron chi connectivity index (χ0n) is 20.8. The number of benzene rings is 6. The van der Waals surface area contributed by atoms with Crippen molar-refractivity contribution in [1.29, 1.82) is 0 Å². The molecule has 0 aliphatic carbocycles. The molecule has 7 rings (SSSR count). The van der Waals surface area contributed by atoms with Crippen molar-refractivity contribution >= 4 is 33.3 Å². The van der Waals surface area contributed by atoms with Gasteiger partial charge in [-0.25, -0.2) is 0 Å². The maximum atomic E-state index is 6.25. The molecule has 0 saturated heterocycles. The molecule has 0 spiro atoms. The quantitative estimate of drug-likeness (QED) is 0.261. The van der Waals surface area contributed by atoms with Gasteiger partial charge in [0.1, 0.15) is 11.2 Å². The fraction of sp³-hybridized carbons (Fsp3) is 0. The minimum Gasteiger partial charge on any atom is -0.456 e. The van der Waals surface area contributed by atoms with Crippen LogP contribution in [0.1, 0.15) is 0 Å². The van der Waals surface area contributed by atoms with Gasteiger partial charge in [-0.05, 0) is 69.8 Å². The van der Waals surface area contributed by atoms with E-state index in [-0.39, 0.29) is 0 Å². The minimum atomic E-state index is 0.874. The van der Waals surface area contributed by atoms with Gasteiger partial charge in [0.2, 0.25) is 0 Å². The largest absolute Gasteiger partial charge is 0.456 e. The van der Waals surface area contributed by atoms with Crippen LogP contribution in [0.3, 0.4) is 0 Å². The van der Waals surface area contributed by atoms with E-state index in [4.69, 9.17) is 4.42 Å². The minimum absolute atomic E-state index is 0.874. The monoisotopic (exact) mass is 487 g/mol. The van der Waals surface area contributed by atoms with Gasteiger partial charge in [0.15, 0.2) is 0 Å². The van der Waals surface area contributed by atoms with Gasteiger partial charge < -0.3 is 9.73 Å². The summed E-state index contributed by atoms with van der Waals surface area (Å²) < 4.78 is 6.25. The Morgan fingerprint density at radius 1 is 0.421 bits per heavy atom. The van der Waals surface area contributed by atoms with Crippen molar-refractivity contribution in [2.24, 2.45) is 0 Å². The smallest absolute Gasteiger partial charge is 0.137 e. The van der Waals surface area contributed by atoms with Crippen LogP contribution in [0.25, 0.3) is 55.3 Å². The summed E-state index contributed by atoms with van der Waals surface area (Å²) in [6.45, 7) is 0. The average Bonchev–Trinajstić information content (AvgIpc) is 3.37. The second-order valence-corrected chi connectivity index (χ2v) is 9.48. The lowest BCUT2D eigenvalue weighted by molar-refractivity contribution is 0.669. The first-order valence-electron chi connectivity index (χ1n) is 12.9. The topological polar surface area (TPSA) is 25.2 Å². The summed E-state index contributed by atoms with van der Waals surface area (Å²) in [7, 11) is 0. The van der Waals surface area contributed by atoms with Crippen LogP contribution >= 0.6 is 0 Å². The summed E-state index contributed by atoms with van der Waals surface area (Å²) in [5, 5.41) is 5.91. The van der Waals surface area contributed by atoms with E-state index in [2.05, 4.69) is 133 Å². The van der Waals surface area contributed by atoms with E-state index >= 15 is 0 Å². The first kappa shape index (κ1) is 22.1. The normalized spacial score (nSPS) is 11.2.